The molecule has 1 aliphatic heterocycles. The molecule has 1 aromatic heterocycles. The van der Waals surface area contributed by atoms with Crippen molar-refractivity contribution in [1.29, 1.82) is 0 Å². The van der Waals surface area contributed by atoms with Gasteiger partial charge in [-0.2, -0.15) is 4.98 Å². The highest BCUT2D eigenvalue weighted by Crippen LogP contribution is 2.37. The Hall–Kier alpha value is -3.26. The number of hydrogen-bond acceptors (Lipinski definition) is 7. The Morgan fingerprint density at radius 3 is 2.51 bits per heavy atom. The van der Waals surface area contributed by atoms with Gasteiger partial charge in [0.05, 0.1) is 12.2 Å². The first-order valence-corrected chi connectivity index (χ1v) is 14.1. The number of thioether (sulfide) groups is 1. The second-order valence-corrected chi connectivity index (χ2v) is 10.2. The molecule has 1 unspecified atom stereocenters. The molecular formula is C29H36N4O3S. The molecule has 3 aromatic rings. The minimum absolute atomic E-state index is 0.204. The highest BCUT2D eigenvalue weighted by molar-refractivity contribution is 7.99. The lowest BCUT2D eigenvalue weighted by Crippen LogP contribution is -2.29. The second kappa shape index (κ2) is 13.3. The zero-order chi connectivity index (χ0) is 26.0. The molecule has 0 aliphatic carbocycles. The van der Waals surface area contributed by atoms with Crippen LogP contribution in [0.2, 0.25) is 0 Å². The Kier molecular flexibility index (Phi) is 9.65. The molecule has 37 heavy (non-hydrogen) atoms. The third kappa shape index (κ3) is 6.95. The van der Waals surface area contributed by atoms with E-state index in [0.717, 1.165) is 54.7 Å². The van der Waals surface area contributed by atoms with Crippen LogP contribution in [0.4, 0.5) is 5.95 Å². The number of aromatic nitrogens is 3. The molecule has 0 saturated carbocycles. The summed E-state index contributed by atoms with van der Waals surface area (Å²) in [7, 11) is 0. The van der Waals surface area contributed by atoms with E-state index in [1.54, 1.807) is 16.4 Å². The smallest absolute Gasteiger partial charge is 0.338 e. The number of benzene rings is 2. The van der Waals surface area contributed by atoms with E-state index in [0.29, 0.717) is 29.0 Å². The third-order valence-corrected chi connectivity index (χ3v) is 7.13. The van der Waals surface area contributed by atoms with Crippen molar-refractivity contribution < 1.29 is 14.3 Å². The summed E-state index contributed by atoms with van der Waals surface area (Å²) in [5.74, 6) is 2.02. The maximum absolute atomic E-state index is 13.5. The quantitative estimate of drug-likeness (QED) is 0.151. The molecule has 8 heteroatoms. The molecular weight excluding hydrogens is 484 g/mol. The minimum atomic E-state index is -0.457. The van der Waals surface area contributed by atoms with Gasteiger partial charge in [-0.15, -0.1) is 5.10 Å². The zero-order valence-corrected chi connectivity index (χ0v) is 22.7. The van der Waals surface area contributed by atoms with Crippen LogP contribution in [0.1, 0.15) is 70.0 Å². The topological polar surface area (TPSA) is 78.3 Å². The molecule has 196 valence electrons. The first-order valence-electron chi connectivity index (χ1n) is 13.1. The standard InChI is InChI=1S/C29H36N4O3S/c1-4-6-11-18-35-24-16-14-23(15-17-24)26-25(27(34)36-20-22-12-9-8-10-13-22)21(3)30-28-31-29(32-33(26)28)37-19-7-5-2/h8-10,12-17,26H,4-7,11,18-20H2,1-3H3,(H,30,31,32). The highest BCUT2D eigenvalue weighted by Gasteiger charge is 2.35. The number of rotatable bonds is 13. The summed E-state index contributed by atoms with van der Waals surface area (Å²) in [6.45, 7) is 7.14. The van der Waals surface area contributed by atoms with Gasteiger partial charge in [0.25, 0.3) is 0 Å². The number of anilines is 1. The normalized spacial score (nSPS) is 14.7. The van der Waals surface area contributed by atoms with Gasteiger partial charge in [0.2, 0.25) is 11.1 Å². The number of carbonyl (C=O) groups excluding carboxylic acids is 1. The largest absolute Gasteiger partial charge is 0.494 e. The summed E-state index contributed by atoms with van der Waals surface area (Å²) in [5.41, 5.74) is 3.10. The SMILES string of the molecule is CCCCCOc1ccc(C2C(C(=O)OCc3ccccc3)=C(C)Nc3nc(SCCCC)nn32)cc1. The fourth-order valence-corrected chi connectivity index (χ4v) is 5.07. The maximum atomic E-state index is 13.5. The number of ether oxygens (including phenoxy) is 2. The van der Waals surface area contributed by atoms with Crippen LogP contribution < -0.4 is 10.1 Å². The number of fused-ring (bicyclic) bond motifs is 1. The lowest BCUT2D eigenvalue weighted by Gasteiger charge is -2.28. The number of esters is 1. The van der Waals surface area contributed by atoms with E-state index in [2.05, 4.69) is 19.2 Å². The van der Waals surface area contributed by atoms with Crippen molar-refractivity contribution >= 4 is 23.7 Å². The van der Waals surface area contributed by atoms with Crippen molar-refractivity contribution in [2.24, 2.45) is 0 Å². The van der Waals surface area contributed by atoms with Crippen molar-refractivity contribution in [2.75, 3.05) is 17.7 Å². The van der Waals surface area contributed by atoms with Crippen LogP contribution in [-0.2, 0) is 16.1 Å². The number of carbonyl (C=O) groups is 1. The van der Waals surface area contributed by atoms with Gasteiger partial charge in [-0.05, 0) is 43.0 Å². The fraction of sp³-hybridized carbons (Fsp3) is 0.414. The summed E-state index contributed by atoms with van der Waals surface area (Å²) < 4.78 is 13.5. The average molecular weight is 521 g/mol. The van der Waals surface area contributed by atoms with Crippen molar-refractivity contribution in [3.8, 4) is 5.75 Å². The first-order chi connectivity index (χ1) is 18.1. The van der Waals surface area contributed by atoms with E-state index in [1.165, 1.54) is 0 Å². The Labute approximate surface area is 223 Å². The van der Waals surface area contributed by atoms with Gasteiger partial charge in [0.1, 0.15) is 18.4 Å². The summed E-state index contributed by atoms with van der Waals surface area (Å²) in [6.07, 6.45) is 5.56. The van der Waals surface area contributed by atoms with Gasteiger partial charge < -0.3 is 14.8 Å². The fourth-order valence-electron chi connectivity index (χ4n) is 4.16. The lowest BCUT2D eigenvalue weighted by molar-refractivity contribution is -0.140. The van der Waals surface area contributed by atoms with Crippen LogP contribution in [0.15, 0.2) is 71.0 Å². The van der Waals surface area contributed by atoms with Gasteiger partial charge in [-0.3, -0.25) is 0 Å². The van der Waals surface area contributed by atoms with E-state index < -0.39 is 6.04 Å². The molecule has 0 saturated heterocycles. The number of allylic oxidation sites excluding steroid dienone is 1. The van der Waals surface area contributed by atoms with E-state index in [9.17, 15) is 4.79 Å². The molecule has 1 N–H and O–H groups in total. The van der Waals surface area contributed by atoms with Crippen molar-refractivity contribution in [2.45, 2.75) is 70.7 Å². The maximum Gasteiger partial charge on any atom is 0.338 e. The zero-order valence-electron chi connectivity index (χ0n) is 21.9. The van der Waals surface area contributed by atoms with E-state index in [-0.39, 0.29) is 12.6 Å². The van der Waals surface area contributed by atoms with Crippen LogP contribution >= 0.6 is 11.8 Å². The monoisotopic (exact) mass is 520 g/mol. The molecule has 4 rings (SSSR count). The molecule has 1 atom stereocenters. The molecule has 0 fully saturated rings. The van der Waals surface area contributed by atoms with Crippen molar-refractivity contribution in [1.82, 2.24) is 14.8 Å². The molecule has 0 spiro atoms. The van der Waals surface area contributed by atoms with Crippen LogP contribution in [0, 0.1) is 0 Å². The molecule has 2 aromatic carbocycles. The Morgan fingerprint density at radius 2 is 1.78 bits per heavy atom. The van der Waals surface area contributed by atoms with Crippen LogP contribution in [0.3, 0.4) is 0 Å². The molecule has 0 bridgehead atoms. The van der Waals surface area contributed by atoms with E-state index >= 15 is 0 Å². The van der Waals surface area contributed by atoms with Gasteiger partial charge in [0.15, 0.2) is 0 Å². The van der Waals surface area contributed by atoms with E-state index in [1.807, 2.05) is 61.5 Å². The summed E-state index contributed by atoms with van der Waals surface area (Å²) in [5, 5.41) is 8.77. The van der Waals surface area contributed by atoms with Gasteiger partial charge in [-0.25, -0.2) is 9.48 Å². The van der Waals surface area contributed by atoms with E-state index in [4.69, 9.17) is 19.6 Å². The predicted octanol–water partition coefficient (Wildman–Crippen LogP) is 6.77. The lowest BCUT2D eigenvalue weighted by atomic mass is 9.95. The van der Waals surface area contributed by atoms with Crippen LogP contribution in [-0.4, -0.2) is 33.1 Å². The van der Waals surface area contributed by atoms with Crippen LogP contribution in [0.25, 0.3) is 0 Å². The minimum Gasteiger partial charge on any atom is -0.494 e. The third-order valence-electron chi connectivity index (χ3n) is 6.21. The number of nitrogens with zero attached hydrogens (tertiary/aromatic N) is 3. The summed E-state index contributed by atoms with van der Waals surface area (Å²) in [4.78, 5) is 18.2. The molecule has 0 radical (unpaired) electrons. The highest BCUT2D eigenvalue weighted by atomic mass is 32.2. The molecule has 1 aliphatic rings. The first kappa shape index (κ1) is 26.8. The van der Waals surface area contributed by atoms with Crippen molar-refractivity contribution in [3.63, 3.8) is 0 Å². The molecule has 2 heterocycles. The van der Waals surface area contributed by atoms with Gasteiger partial charge in [0, 0.05) is 11.4 Å². The average Bonchev–Trinajstić information content (AvgIpc) is 3.32. The number of unbranched alkanes of at least 4 members (excludes halogenated alkanes) is 3. The second-order valence-electron chi connectivity index (χ2n) is 9.12. The summed E-state index contributed by atoms with van der Waals surface area (Å²) >= 11 is 1.63. The van der Waals surface area contributed by atoms with Gasteiger partial charge >= 0.3 is 5.97 Å². The Bertz CT molecular complexity index is 1190. The molecule has 7 nitrogen and oxygen atoms in total. The van der Waals surface area contributed by atoms with Crippen molar-refractivity contribution in [3.05, 3.63) is 77.0 Å². The number of hydrogen-bond donors (Lipinski definition) is 1. The summed E-state index contributed by atoms with van der Waals surface area (Å²) in [6, 6.07) is 17.2. The van der Waals surface area contributed by atoms with Gasteiger partial charge in [-0.1, -0.05) is 87.3 Å². The number of nitrogens with one attached hydrogen (secondary N) is 1. The Balaban J connectivity index is 1.60. The molecule has 0 amide bonds. The van der Waals surface area contributed by atoms with Crippen LogP contribution in [0.5, 0.6) is 5.75 Å². The Morgan fingerprint density at radius 1 is 1.03 bits per heavy atom. The predicted molar refractivity (Wildman–Crippen MR) is 148 cm³/mol.